The number of carbonyl (C=O) groups excluding carboxylic acids is 3. The van der Waals surface area contributed by atoms with Gasteiger partial charge in [0.1, 0.15) is 6.54 Å². The summed E-state index contributed by atoms with van der Waals surface area (Å²) in [5.74, 6) is -0.130. The van der Waals surface area contributed by atoms with Crippen molar-refractivity contribution in [2.24, 2.45) is 0 Å². The van der Waals surface area contributed by atoms with Crippen LogP contribution in [0.3, 0.4) is 0 Å². The van der Waals surface area contributed by atoms with Crippen molar-refractivity contribution in [2.75, 3.05) is 19.6 Å². The van der Waals surface area contributed by atoms with E-state index in [9.17, 15) is 14.4 Å². The number of rotatable bonds is 8. The van der Waals surface area contributed by atoms with Crippen molar-refractivity contribution in [2.45, 2.75) is 46.5 Å². The highest BCUT2D eigenvalue weighted by Gasteiger charge is 2.36. The predicted molar refractivity (Wildman–Crippen MR) is 110 cm³/mol. The van der Waals surface area contributed by atoms with Gasteiger partial charge < -0.3 is 4.90 Å². The Labute approximate surface area is 165 Å². The number of nitrogens with zero attached hydrogens (tertiary/aromatic N) is 2. The third kappa shape index (κ3) is 5.45. The summed E-state index contributed by atoms with van der Waals surface area (Å²) in [4.78, 5) is 40.5. The highest BCUT2D eigenvalue weighted by molar-refractivity contribution is 8.18. The normalized spacial score (nSPS) is 15.9. The second kappa shape index (κ2) is 9.74. The maximum atomic E-state index is 12.6. The van der Waals surface area contributed by atoms with Crippen molar-refractivity contribution in [3.8, 4) is 0 Å². The van der Waals surface area contributed by atoms with Crippen LogP contribution in [-0.4, -0.2) is 46.5 Å². The second-order valence-electron chi connectivity index (χ2n) is 6.97. The lowest BCUT2D eigenvalue weighted by Gasteiger charge is -2.23. The summed E-state index contributed by atoms with van der Waals surface area (Å²) in [5, 5.41) is -0.383. The first kappa shape index (κ1) is 21.2. The Bertz CT molecular complexity index is 719. The van der Waals surface area contributed by atoms with E-state index in [1.807, 2.05) is 38.1 Å². The largest absolute Gasteiger partial charge is 0.341 e. The van der Waals surface area contributed by atoms with Gasteiger partial charge in [-0.1, -0.05) is 52.0 Å². The average molecular weight is 389 g/mol. The Morgan fingerprint density at radius 3 is 2.22 bits per heavy atom. The van der Waals surface area contributed by atoms with Gasteiger partial charge in [0, 0.05) is 13.1 Å². The quantitative estimate of drug-likeness (QED) is 0.616. The molecule has 1 aliphatic rings. The van der Waals surface area contributed by atoms with E-state index in [-0.39, 0.29) is 23.6 Å². The van der Waals surface area contributed by atoms with E-state index in [1.54, 1.807) is 11.0 Å². The lowest BCUT2D eigenvalue weighted by Crippen LogP contribution is -2.42. The Balaban J connectivity index is 2.10. The van der Waals surface area contributed by atoms with E-state index < -0.39 is 0 Å². The van der Waals surface area contributed by atoms with Gasteiger partial charge in [-0.05, 0) is 47.7 Å². The Morgan fingerprint density at radius 1 is 1.11 bits per heavy atom. The number of thioether (sulfide) groups is 1. The van der Waals surface area contributed by atoms with Gasteiger partial charge in [-0.15, -0.1) is 0 Å². The van der Waals surface area contributed by atoms with Crippen LogP contribution in [-0.2, 0) is 9.59 Å². The van der Waals surface area contributed by atoms with Crippen molar-refractivity contribution >= 4 is 34.9 Å². The molecule has 1 aliphatic heterocycles. The highest BCUT2D eigenvalue weighted by Crippen LogP contribution is 2.32. The van der Waals surface area contributed by atoms with Crippen molar-refractivity contribution in [1.29, 1.82) is 0 Å². The van der Waals surface area contributed by atoms with E-state index in [4.69, 9.17) is 0 Å². The molecule has 1 saturated heterocycles. The van der Waals surface area contributed by atoms with Crippen molar-refractivity contribution in [3.05, 3.63) is 40.3 Å². The zero-order chi connectivity index (χ0) is 20.0. The molecule has 0 spiro atoms. The number of imide groups is 1. The number of amides is 3. The number of carbonyl (C=O) groups is 3. The molecule has 2 rings (SSSR count). The first-order chi connectivity index (χ1) is 12.9. The molecule has 1 aromatic rings. The summed E-state index contributed by atoms with van der Waals surface area (Å²) in [6.07, 6.45) is 3.41. The SMILES string of the molecule is CCCN(CCC)C(=O)CN1C(=O)S/C(=C\c2ccc(C(C)C)cc2)C1=O. The third-order valence-corrected chi connectivity index (χ3v) is 5.32. The molecular formula is C21H28N2O3S. The summed E-state index contributed by atoms with van der Waals surface area (Å²) in [7, 11) is 0. The smallest absolute Gasteiger partial charge is 0.294 e. The van der Waals surface area contributed by atoms with Crippen molar-refractivity contribution in [3.63, 3.8) is 0 Å². The molecule has 0 atom stereocenters. The summed E-state index contributed by atoms with van der Waals surface area (Å²) in [6, 6.07) is 7.94. The zero-order valence-electron chi connectivity index (χ0n) is 16.5. The monoisotopic (exact) mass is 388 g/mol. The van der Waals surface area contributed by atoms with Gasteiger partial charge in [0.05, 0.1) is 4.91 Å². The van der Waals surface area contributed by atoms with Gasteiger partial charge >= 0.3 is 0 Å². The van der Waals surface area contributed by atoms with Crippen LogP contribution in [0.2, 0.25) is 0 Å². The maximum absolute atomic E-state index is 12.6. The molecule has 1 heterocycles. The fourth-order valence-electron chi connectivity index (χ4n) is 2.90. The van der Waals surface area contributed by atoms with Crippen LogP contribution in [0.5, 0.6) is 0 Å². The molecule has 1 aromatic carbocycles. The Hall–Kier alpha value is -2.08. The van der Waals surface area contributed by atoms with E-state index >= 15 is 0 Å². The first-order valence-corrected chi connectivity index (χ1v) is 10.3. The van der Waals surface area contributed by atoms with Gasteiger partial charge in [-0.25, -0.2) is 0 Å². The third-order valence-electron chi connectivity index (χ3n) is 4.41. The molecular weight excluding hydrogens is 360 g/mol. The molecule has 1 fully saturated rings. The minimum Gasteiger partial charge on any atom is -0.341 e. The maximum Gasteiger partial charge on any atom is 0.294 e. The summed E-state index contributed by atoms with van der Waals surface area (Å²) >= 11 is 0.895. The summed E-state index contributed by atoms with van der Waals surface area (Å²) in [5.41, 5.74) is 2.09. The molecule has 0 saturated carbocycles. The molecule has 146 valence electrons. The predicted octanol–water partition coefficient (Wildman–Crippen LogP) is 4.49. The topological polar surface area (TPSA) is 57.7 Å². The minimum atomic E-state index is -0.390. The highest BCUT2D eigenvalue weighted by atomic mass is 32.2. The lowest BCUT2D eigenvalue weighted by molar-refractivity contribution is -0.135. The van der Waals surface area contributed by atoms with Crippen LogP contribution >= 0.6 is 11.8 Å². The molecule has 0 aliphatic carbocycles. The molecule has 0 radical (unpaired) electrons. The van der Waals surface area contributed by atoms with Gasteiger partial charge in [-0.2, -0.15) is 0 Å². The van der Waals surface area contributed by atoms with Crippen LogP contribution in [0.25, 0.3) is 6.08 Å². The van der Waals surface area contributed by atoms with Crippen LogP contribution in [0.4, 0.5) is 4.79 Å². The molecule has 3 amide bonds. The lowest BCUT2D eigenvalue weighted by atomic mass is 10.0. The van der Waals surface area contributed by atoms with Crippen molar-refractivity contribution < 1.29 is 14.4 Å². The van der Waals surface area contributed by atoms with Gasteiger partial charge in [-0.3, -0.25) is 19.3 Å². The van der Waals surface area contributed by atoms with Crippen LogP contribution < -0.4 is 0 Å². The Morgan fingerprint density at radius 2 is 1.70 bits per heavy atom. The molecule has 6 heteroatoms. The van der Waals surface area contributed by atoms with E-state index in [1.165, 1.54) is 5.56 Å². The molecule has 5 nitrogen and oxygen atoms in total. The van der Waals surface area contributed by atoms with Gasteiger partial charge in [0.2, 0.25) is 5.91 Å². The number of hydrogen-bond donors (Lipinski definition) is 0. The molecule has 0 unspecified atom stereocenters. The average Bonchev–Trinajstić information content (AvgIpc) is 2.89. The first-order valence-electron chi connectivity index (χ1n) is 9.50. The minimum absolute atomic E-state index is 0.177. The molecule has 0 bridgehead atoms. The van der Waals surface area contributed by atoms with Gasteiger partial charge in [0.25, 0.3) is 11.1 Å². The van der Waals surface area contributed by atoms with Crippen LogP contribution in [0.1, 0.15) is 57.6 Å². The van der Waals surface area contributed by atoms with Gasteiger partial charge in [0.15, 0.2) is 0 Å². The number of hydrogen-bond acceptors (Lipinski definition) is 4. The number of benzene rings is 1. The fourth-order valence-corrected chi connectivity index (χ4v) is 3.74. The summed E-state index contributed by atoms with van der Waals surface area (Å²) < 4.78 is 0. The van der Waals surface area contributed by atoms with E-state index in [2.05, 4.69) is 13.8 Å². The molecule has 0 N–H and O–H groups in total. The molecule has 27 heavy (non-hydrogen) atoms. The van der Waals surface area contributed by atoms with Crippen LogP contribution in [0, 0.1) is 0 Å². The van der Waals surface area contributed by atoms with E-state index in [0.717, 1.165) is 35.1 Å². The van der Waals surface area contributed by atoms with Crippen molar-refractivity contribution in [1.82, 2.24) is 9.80 Å². The zero-order valence-corrected chi connectivity index (χ0v) is 17.3. The molecule has 0 aromatic heterocycles. The fraction of sp³-hybridized carbons (Fsp3) is 0.476. The standard InChI is InChI=1S/C21H28N2O3S/c1-5-11-22(12-6-2)19(24)14-23-20(25)18(27-21(23)26)13-16-7-9-17(10-8-16)15(3)4/h7-10,13,15H,5-6,11-12,14H2,1-4H3/b18-13-. The summed E-state index contributed by atoms with van der Waals surface area (Å²) in [6.45, 7) is 9.35. The Kier molecular flexibility index (Phi) is 7.66. The van der Waals surface area contributed by atoms with E-state index in [0.29, 0.717) is 23.9 Å². The second-order valence-corrected chi connectivity index (χ2v) is 7.96. The van der Waals surface area contributed by atoms with Crippen LogP contribution in [0.15, 0.2) is 29.2 Å².